The molecule has 13 heavy (non-hydrogen) atoms. The molecule has 0 bridgehead atoms. The van der Waals surface area contributed by atoms with Crippen LogP contribution < -0.4 is 9.64 Å². The van der Waals surface area contributed by atoms with Gasteiger partial charge in [-0.2, -0.15) is 0 Å². The fourth-order valence-electron chi connectivity index (χ4n) is 1.45. The molecule has 0 saturated carbocycles. The zero-order valence-electron chi connectivity index (χ0n) is 8.24. The zero-order chi connectivity index (χ0) is 9.42. The van der Waals surface area contributed by atoms with Crippen LogP contribution in [-0.4, -0.2) is 24.7 Å². The van der Waals surface area contributed by atoms with Crippen molar-refractivity contribution in [1.82, 2.24) is 4.98 Å². The number of aromatic nitrogens is 1. The highest BCUT2D eigenvalue weighted by atomic mass is 16.5. The number of anilines is 1. The molecule has 0 amide bonds. The van der Waals surface area contributed by atoms with Crippen molar-refractivity contribution in [3.05, 3.63) is 17.8 Å². The number of aryl methyl sites for hydroxylation is 1. The van der Waals surface area contributed by atoms with Gasteiger partial charge in [0.1, 0.15) is 12.3 Å². The van der Waals surface area contributed by atoms with Gasteiger partial charge in [0, 0.05) is 13.2 Å². The molecule has 70 valence electrons. The Kier molecular flexibility index (Phi) is 1.87. The minimum absolute atomic E-state index is 0.427. The van der Waals surface area contributed by atoms with Crippen LogP contribution in [0.2, 0.25) is 0 Å². The molecular formula is C10H14N2O. The van der Waals surface area contributed by atoms with Gasteiger partial charge in [-0.1, -0.05) is 0 Å². The van der Waals surface area contributed by atoms with Gasteiger partial charge in [0.05, 0.1) is 6.04 Å². The summed E-state index contributed by atoms with van der Waals surface area (Å²) in [4.78, 5) is 6.45. The smallest absolute Gasteiger partial charge is 0.237 e. The second-order valence-corrected chi connectivity index (χ2v) is 3.61. The van der Waals surface area contributed by atoms with E-state index in [0.29, 0.717) is 6.04 Å². The van der Waals surface area contributed by atoms with Gasteiger partial charge in [-0.25, -0.2) is 4.98 Å². The first kappa shape index (κ1) is 8.35. The minimum atomic E-state index is 0.427. The van der Waals surface area contributed by atoms with Crippen molar-refractivity contribution in [3.63, 3.8) is 0 Å². The maximum Gasteiger partial charge on any atom is 0.237 e. The first-order chi connectivity index (χ1) is 6.18. The zero-order valence-corrected chi connectivity index (χ0v) is 8.24. The van der Waals surface area contributed by atoms with E-state index in [1.165, 1.54) is 5.56 Å². The van der Waals surface area contributed by atoms with Gasteiger partial charge < -0.3 is 9.64 Å². The second kappa shape index (κ2) is 2.91. The molecule has 0 spiro atoms. The number of fused-ring (bicyclic) bond motifs is 1. The van der Waals surface area contributed by atoms with Crippen LogP contribution in [-0.2, 0) is 0 Å². The van der Waals surface area contributed by atoms with Crippen molar-refractivity contribution in [2.75, 3.05) is 18.6 Å². The van der Waals surface area contributed by atoms with Gasteiger partial charge in [-0.3, -0.25) is 0 Å². The van der Waals surface area contributed by atoms with Gasteiger partial charge in [0.15, 0.2) is 0 Å². The van der Waals surface area contributed by atoms with E-state index < -0.39 is 0 Å². The Bertz CT molecular complexity index is 325. The number of hydrogen-bond acceptors (Lipinski definition) is 3. The molecule has 1 aliphatic rings. The second-order valence-electron chi connectivity index (χ2n) is 3.61. The highest BCUT2D eigenvalue weighted by molar-refractivity contribution is 5.57. The van der Waals surface area contributed by atoms with Gasteiger partial charge in [-0.15, -0.1) is 0 Å². The van der Waals surface area contributed by atoms with Gasteiger partial charge in [-0.05, 0) is 25.5 Å². The number of pyridine rings is 1. The number of ether oxygens (including phenoxy) is 1. The topological polar surface area (TPSA) is 25.4 Å². The Hall–Kier alpha value is -1.25. The molecule has 1 atom stereocenters. The van der Waals surface area contributed by atoms with Crippen LogP contribution >= 0.6 is 0 Å². The molecule has 0 radical (unpaired) electrons. The molecule has 3 heteroatoms. The SMILES string of the molecule is Cc1cnc2c(c1)N(C)[C@@H](C)CO2. The summed E-state index contributed by atoms with van der Waals surface area (Å²) in [5.74, 6) is 0.756. The number of likely N-dealkylation sites (N-methyl/N-ethyl adjacent to an activating group) is 1. The molecule has 2 rings (SSSR count). The summed E-state index contributed by atoms with van der Waals surface area (Å²) < 4.78 is 5.51. The highest BCUT2D eigenvalue weighted by Gasteiger charge is 2.21. The molecule has 1 aromatic heterocycles. The monoisotopic (exact) mass is 178 g/mol. The fourth-order valence-corrected chi connectivity index (χ4v) is 1.45. The fraction of sp³-hybridized carbons (Fsp3) is 0.500. The first-order valence-electron chi connectivity index (χ1n) is 4.51. The van der Waals surface area contributed by atoms with Crippen molar-refractivity contribution >= 4 is 5.69 Å². The van der Waals surface area contributed by atoms with Crippen molar-refractivity contribution in [3.8, 4) is 5.88 Å². The van der Waals surface area contributed by atoms with E-state index in [9.17, 15) is 0 Å². The maximum absolute atomic E-state index is 5.51. The standard InChI is InChI=1S/C10H14N2O/c1-7-4-9-10(11-5-7)13-6-8(2)12(9)3/h4-5,8H,6H2,1-3H3/t8-/m0/s1. The van der Waals surface area contributed by atoms with Crippen LogP contribution in [0, 0.1) is 6.92 Å². The Morgan fingerprint density at radius 1 is 1.62 bits per heavy atom. The minimum Gasteiger partial charge on any atom is -0.474 e. The van der Waals surface area contributed by atoms with Crippen LogP contribution in [0.5, 0.6) is 5.88 Å². The summed E-state index contributed by atoms with van der Waals surface area (Å²) in [5.41, 5.74) is 2.27. The molecular weight excluding hydrogens is 164 g/mol. The largest absolute Gasteiger partial charge is 0.474 e. The van der Waals surface area contributed by atoms with E-state index in [-0.39, 0.29) is 0 Å². The third-order valence-electron chi connectivity index (χ3n) is 2.47. The van der Waals surface area contributed by atoms with Crippen LogP contribution in [0.3, 0.4) is 0 Å². The molecule has 2 heterocycles. The molecule has 0 unspecified atom stereocenters. The van der Waals surface area contributed by atoms with E-state index >= 15 is 0 Å². The first-order valence-corrected chi connectivity index (χ1v) is 4.51. The average molecular weight is 178 g/mol. The maximum atomic E-state index is 5.51. The third-order valence-corrected chi connectivity index (χ3v) is 2.47. The van der Waals surface area contributed by atoms with E-state index in [4.69, 9.17) is 4.74 Å². The summed E-state index contributed by atoms with van der Waals surface area (Å²) in [6.45, 7) is 4.91. The molecule has 0 saturated heterocycles. The summed E-state index contributed by atoms with van der Waals surface area (Å²) in [5, 5.41) is 0. The summed E-state index contributed by atoms with van der Waals surface area (Å²) in [6.07, 6.45) is 1.84. The van der Waals surface area contributed by atoms with Crippen LogP contribution in [0.25, 0.3) is 0 Å². The van der Waals surface area contributed by atoms with Crippen molar-refractivity contribution in [1.29, 1.82) is 0 Å². The van der Waals surface area contributed by atoms with Crippen molar-refractivity contribution in [2.24, 2.45) is 0 Å². The third kappa shape index (κ3) is 1.34. The average Bonchev–Trinajstić information content (AvgIpc) is 2.12. The molecule has 1 aromatic rings. The van der Waals surface area contributed by atoms with Gasteiger partial charge >= 0.3 is 0 Å². The molecule has 3 nitrogen and oxygen atoms in total. The molecule has 1 aliphatic heterocycles. The predicted molar refractivity (Wildman–Crippen MR) is 52.3 cm³/mol. The lowest BCUT2D eigenvalue weighted by atomic mass is 10.2. The van der Waals surface area contributed by atoms with Crippen molar-refractivity contribution in [2.45, 2.75) is 19.9 Å². The van der Waals surface area contributed by atoms with Gasteiger partial charge in [0.2, 0.25) is 5.88 Å². The normalized spacial score (nSPS) is 20.8. The summed E-state index contributed by atoms with van der Waals surface area (Å²) in [7, 11) is 2.08. The number of rotatable bonds is 0. The quantitative estimate of drug-likeness (QED) is 0.603. The Balaban J connectivity index is 2.45. The lowest BCUT2D eigenvalue weighted by Crippen LogP contribution is -2.38. The molecule has 0 N–H and O–H groups in total. The predicted octanol–water partition coefficient (Wildman–Crippen LogP) is 1.61. The van der Waals surface area contributed by atoms with Crippen LogP contribution in [0.1, 0.15) is 12.5 Å². The number of hydrogen-bond donors (Lipinski definition) is 0. The Morgan fingerprint density at radius 2 is 2.38 bits per heavy atom. The summed E-state index contributed by atoms with van der Waals surface area (Å²) >= 11 is 0. The number of nitrogens with zero attached hydrogens (tertiary/aromatic N) is 2. The lowest BCUT2D eigenvalue weighted by molar-refractivity contribution is 0.264. The van der Waals surface area contributed by atoms with E-state index in [1.807, 2.05) is 13.1 Å². The highest BCUT2D eigenvalue weighted by Crippen LogP contribution is 2.30. The Labute approximate surface area is 78.3 Å². The van der Waals surface area contributed by atoms with Gasteiger partial charge in [0.25, 0.3) is 0 Å². The van der Waals surface area contributed by atoms with Crippen LogP contribution in [0.15, 0.2) is 12.3 Å². The molecule has 0 aliphatic carbocycles. The molecule has 0 fully saturated rings. The van der Waals surface area contributed by atoms with E-state index in [2.05, 4.69) is 29.9 Å². The van der Waals surface area contributed by atoms with E-state index in [1.54, 1.807) is 0 Å². The van der Waals surface area contributed by atoms with Crippen LogP contribution in [0.4, 0.5) is 5.69 Å². The van der Waals surface area contributed by atoms with Crippen molar-refractivity contribution < 1.29 is 4.74 Å². The molecule has 0 aromatic carbocycles. The van der Waals surface area contributed by atoms with E-state index in [0.717, 1.165) is 18.2 Å². The summed E-state index contributed by atoms with van der Waals surface area (Å²) in [6, 6.07) is 2.54. The Morgan fingerprint density at radius 3 is 3.15 bits per heavy atom. The lowest BCUT2D eigenvalue weighted by Gasteiger charge is -2.32.